The Bertz CT molecular complexity index is 1000. The second kappa shape index (κ2) is 10.5. The maximum atomic E-state index is 13.1. The van der Waals surface area contributed by atoms with Crippen molar-refractivity contribution in [1.82, 2.24) is 25.1 Å². The van der Waals surface area contributed by atoms with Crippen LogP contribution in [-0.2, 0) is 37.3 Å². The summed E-state index contributed by atoms with van der Waals surface area (Å²) in [6, 6.07) is 0. The average molecular weight is 514 g/mol. The van der Waals surface area contributed by atoms with Crippen LogP contribution in [0.15, 0.2) is 11.3 Å². The number of hydrogen-bond acceptors (Lipinski definition) is 11. The van der Waals surface area contributed by atoms with Crippen molar-refractivity contribution < 1.29 is 29.0 Å². The third kappa shape index (κ3) is 6.39. The first kappa shape index (κ1) is 27.9. The molecule has 0 radical (unpaired) electrons. The van der Waals surface area contributed by atoms with Gasteiger partial charge in [0.2, 0.25) is 12.7 Å². The van der Waals surface area contributed by atoms with E-state index in [2.05, 4.69) is 15.5 Å². The summed E-state index contributed by atoms with van der Waals surface area (Å²) in [7, 11) is 1.69. The van der Waals surface area contributed by atoms with Crippen LogP contribution in [0.5, 0.6) is 0 Å². The largest absolute Gasteiger partial charge is 0.427 e. The Labute approximate surface area is 208 Å². The monoisotopic (exact) mass is 513 g/mol. The average Bonchev–Trinajstić information content (AvgIpc) is 3.07. The summed E-state index contributed by atoms with van der Waals surface area (Å²) >= 11 is 6.68. The lowest BCUT2D eigenvalue weighted by molar-refractivity contribution is -0.176. The van der Waals surface area contributed by atoms with Gasteiger partial charge in [0.25, 0.3) is 0 Å². The van der Waals surface area contributed by atoms with Gasteiger partial charge in [-0.15, -0.1) is 5.10 Å². The van der Waals surface area contributed by atoms with Crippen LogP contribution in [0.2, 0.25) is 0 Å². The number of likely N-dealkylation sites (tertiary alicyclic amines) is 1. The lowest BCUT2D eigenvalue weighted by Crippen LogP contribution is -2.66. The zero-order valence-electron chi connectivity index (χ0n) is 20.6. The maximum Gasteiger partial charge on any atom is 0.357 e. The number of carbonyl (C=O) groups excluding carboxylic acids is 3. The number of tetrazole rings is 1. The van der Waals surface area contributed by atoms with E-state index < -0.39 is 46.9 Å². The van der Waals surface area contributed by atoms with Crippen LogP contribution in [0.25, 0.3) is 0 Å². The molecule has 34 heavy (non-hydrogen) atoms. The molecule has 13 heteroatoms. The molecule has 1 fully saturated rings. The SMILES string of the molecule is CC(C)=C(C(=O)OCOC(=O)C(C)(C)C)N1C(=O)[C@@H](C(C)(C)O)[C@H]1SC(=S)Cc1nnnn1C. The fourth-order valence-corrected chi connectivity index (χ4v) is 4.95. The number of thiocarbonyl (C=S) groups is 1. The van der Waals surface area contributed by atoms with Gasteiger partial charge in [0.15, 0.2) is 5.82 Å². The number of aryl methyl sites for hydroxylation is 1. The van der Waals surface area contributed by atoms with Crippen LogP contribution < -0.4 is 0 Å². The molecule has 2 rings (SSSR count). The van der Waals surface area contributed by atoms with E-state index in [0.29, 0.717) is 15.6 Å². The first-order chi connectivity index (χ1) is 15.6. The van der Waals surface area contributed by atoms with Gasteiger partial charge < -0.3 is 14.6 Å². The summed E-state index contributed by atoms with van der Waals surface area (Å²) in [5.41, 5.74) is -1.58. The van der Waals surface area contributed by atoms with Crippen molar-refractivity contribution in [3.05, 3.63) is 17.1 Å². The number of ether oxygens (including phenoxy) is 2. The molecule has 1 aliphatic rings. The molecule has 0 bridgehead atoms. The van der Waals surface area contributed by atoms with Gasteiger partial charge in [0.1, 0.15) is 11.1 Å². The van der Waals surface area contributed by atoms with Gasteiger partial charge in [-0.05, 0) is 64.5 Å². The Morgan fingerprint density at radius 3 is 2.26 bits per heavy atom. The molecule has 1 amide bonds. The zero-order valence-corrected chi connectivity index (χ0v) is 22.2. The minimum Gasteiger partial charge on any atom is -0.427 e. The third-order valence-corrected chi connectivity index (χ3v) is 6.53. The predicted molar refractivity (Wildman–Crippen MR) is 128 cm³/mol. The van der Waals surface area contributed by atoms with Gasteiger partial charge in [0, 0.05) is 7.05 Å². The van der Waals surface area contributed by atoms with Gasteiger partial charge in [0.05, 0.1) is 27.6 Å². The van der Waals surface area contributed by atoms with Crippen molar-refractivity contribution in [3.8, 4) is 0 Å². The van der Waals surface area contributed by atoms with Crippen LogP contribution in [0.1, 0.15) is 54.3 Å². The molecule has 188 valence electrons. The number of rotatable bonds is 8. The molecule has 2 atom stereocenters. The predicted octanol–water partition coefficient (Wildman–Crippen LogP) is 1.75. The van der Waals surface area contributed by atoms with E-state index in [1.807, 2.05) is 0 Å². The first-order valence-electron chi connectivity index (χ1n) is 10.5. The Kier molecular flexibility index (Phi) is 8.59. The van der Waals surface area contributed by atoms with E-state index >= 15 is 0 Å². The molecule has 1 aliphatic heterocycles. The van der Waals surface area contributed by atoms with Gasteiger partial charge in [-0.3, -0.25) is 14.5 Å². The fourth-order valence-electron chi connectivity index (χ4n) is 3.14. The number of hydrogen-bond donors (Lipinski definition) is 1. The van der Waals surface area contributed by atoms with Crippen molar-refractivity contribution in [3.63, 3.8) is 0 Å². The summed E-state index contributed by atoms with van der Waals surface area (Å²) in [4.78, 5) is 39.2. The van der Waals surface area contributed by atoms with Crippen LogP contribution in [0.4, 0.5) is 0 Å². The summed E-state index contributed by atoms with van der Waals surface area (Å²) in [6.45, 7) is 10.8. The molecule has 0 saturated carbocycles. The number of aromatic nitrogens is 4. The lowest BCUT2D eigenvalue weighted by atomic mass is 9.82. The highest BCUT2D eigenvalue weighted by Crippen LogP contribution is 2.45. The van der Waals surface area contributed by atoms with E-state index in [4.69, 9.17) is 21.7 Å². The number of carbonyl (C=O) groups is 3. The minimum atomic E-state index is -1.36. The molecule has 0 aliphatic carbocycles. The molecule has 0 aromatic carbocycles. The van der Waals surface area contributed by atoms with Crippen molar-refractivity contribution in [1.29, 1.82) is 0 Å². The normalized spacial score (nSPS) is 18.3. The van der Waals surface area contributed by atoms with E-state index in [0.717, 1.165) is 0 Å². The number of aliphatic hydroxyl groups is 1. The Morgan fingerprint density at radius 1 is 1.18 bits per heavy atom. The van der Waals surface area contributed by atoms with Crippen molar-refractivity contribution in [2.45, 2.75) is 65.9 Å². The number of esters is 2. The van der Waals surface area contributed by atoms with E-state index in [-0.39, 0.29) is 12.1 Å². The molecule has 1 aromatic heterocycles. The Morgan fingerprint density at radius 2 is 1.79 bits per heavy atom. The number of allylic oxidation sites excluding steroid dienone is 1. The number of nitrogens with zero attached hydrogens (tertiary/aromatic N) is 5. The molecule has 1 saturated heterocycles. The molecular weight excluding hydrogens is 482 g/mol. The highest BCUT2D eigenvalue weighted by atomic mass is 32.2. The Hall–Kier alpha value is -2.38. The quantitative estimate of drug-likeness (QED) is 0.179. The molecule has 1 N–H and O–H groups in total. The van der Waals surface area contributed by atoms with E-state index in [9.17, 15) is 19.5 Å². The van der Waals surface area contributed by atoms with Gasteiger partial charge in [-0.25, -0.2) is 9.48 Å². The molecule has 11 nitrogen and oxygen atoms in total. The summed E-state index contributed by atoms with van der Waals surface area (Å²) in [6.07, 6.45) is 0.262. The fraction of sp³-hybridized carbons (Fsp3) is 0.667. The second-order valence-corrected chi connectivity index (χ2v) is 11.7. The van der Waals surface area contributed by atoms with Crippen molar-refractivity contribution in [2.75, 3.05) is 6.79 Å². The topological polar surface area (TPSA) is 137 Å². The van der Waals surface area contributed by atoms with Crippen LogP contribution >= 0.6 is 24.0 Å². The van der Waals surface area contributed by atoms with Crippen molar-refractivity contribution >= 4 is 46.0 Å². The van der Waals surface area contributed by atoms with Crippen molar-refractivity contribution in [2.24, 2.45) is 18.4 Å². The third-order valence-electron chi connectivity index (χ3n) is 4.97. The number of thioether (sulfide) groups is 1. The van der Waals surface area contributed by atoms with E-state index in [1.165, 1.54) is 35.2 Å². The summed E-state index contributed by atoms with van der Waals surface area (Å²) in [5.74, 6) is -2.06. The number of amides is 1. The standard InChI is InChI=1S/C21H31N5O6S2/c1-11(2)15(18(28)31-10-32-19(29)20(3,4)5)26-16(27)14(21(6,7)30)17(26)34-13(33)9-12-22-23-24-25(12)8/h14,17,30H,9-10H2,1-8H3/t14-,17-/m1/s1. The molecule has 1 aromatic rings. The van der Waals surface area contributed by atoms with Crippen LogP contribution in [0, 0.1) is 11.3 Å². The van der Waals surface area contributed by atoms with Gasteiger partial charge in [-0.2, -0.15) is 0 Å². The van der Waals surface area contributed by atoms with Crippen LogP contribution in [-0.4, -0.2) is 70.0 Å². The van der Waals surface area contributed by atoms with Crippen LogP contribution in [0.3, 0.4) is 0 Å². The molecule has 2 heterocycles. The maximum absolute atomic E-state index is 13.1. The summed E-state index contributed by atoms with van der Waals surface area (Å²) in [5, 5.41) is 21.2. The molecule has 0 spiro atoms. The van der Waals surface area contributed by atoms with E-state index in [1.54, 1.807) is 41.7 Å². The first-order valence-corrected chi connectivity index (χ1v) is 11.8. The summed E-state index contributed by atoms with van der Waals surface area (Å²) < 4.78 is 12.1. The smallest absolute Gasteiger partial charge is 0.357 e. The lowest BCUT2D eigenvalue weighted by Gasteiger charge is -2.51. The van der Waals surface area contributed by atoms with Gasteiger partial charge in [-0.1, -0.05) is 24.0 Å². The number of β-lactam (4-membered cyclic amide) rings is 1. The highest BCUT2D eigenvalue weighted by molar-refractivity contribution is 8.23. The highest BCUT2D eigenvalue weighted by Gasteiger charge is 2.57. The minimum absolute atomic E-state index is 0.0120. The van der Waals surface area contributed by atoms with Gasteiger partial charge >= 0.3 is 11.9 Å². The molecule has 0 unspecified atom stereocenters. The second-order valence-electron chi connectivity index (χ2n) is 9.70. The molecular formula is C21H31N5O6S2. The zero-order chi connectivity index (χ0) is 26.0. The Balaban J connectivity index is 2.21.